The molecule has 0 saturated heterocycles. The molecule has 0 aliphatic carbocycles. The smallest absolute Gasteiger partial charge is 0.344 e. The van der Waals surface area contributed by atoms with E-state index in [2.05, 4.69) is 5.32 Å². The second kappa shape index (κ2) is 8.43. The Morgan fingerprint density at radius 3 is 2.62 bits per heavy atom. The predicted octanol–water partition coefficient (Wildman–Crippen LogP) is 3.36. The number of nitrogens with one attached hydrogen (secondary N) is 1. The Labute approximate surface area is 169 Å². The molecule has 2 aromatic carbocycles. The molecule has 1 heterocycles. The molecule has 0 radical (unpaired) electrons. The van der Waals surface area contributed by atoms with E-state index in [0.717, 1.165) is 12.0 Å². The van der Waals surface area contributed by atoms with Crippen LogP contribution < -0.4 is 19.5 Å². The third-order valence-corrected chi connectivity index (χ3v) is 4.44. The van der Waals surface area contributed by atoms with Gasteiger partial charge in [-0.15, -0.1) is 0 Å². The minimum Gasteiger partial charge on any atom is -0.495 e. The highest BCUT2D eigenvalue weighted by Gasteiger charge is 2.32. The van der Waals surface area contributed by atoms with Gasteiger partial charge in [0.2, 0.25) is 0 Å². The maximum absolute atomic E-state index is 12.3. The molecule has 0 saturated carbocycles. The highest BCUT2D eigenvalue weighted by atomic mass is 16.6. The van der Waals surface area contributed by atoms with E-state index < -0.39 is 18.0 Å². The van der Waals surface area contributed by atoms with Crippen molar-refractivity contribution < 1.29 is 28.5 Å². The van der Waals surface area contributed by atoms with Gasteiger partial charge in [0, 0.05) is 12.0 Å². The summed E-state index contributed by atoms with van der Waals surface area (Å²) in [6.45, 7) is 5.15. The molecule has 3 rings (SSSR count). The first-order valence-corrected chi connectivity index (χ1v) is 9.36. The van der Waals surface area contributed by atoms with Crippen molar-refractivity contribution in [2.75, 3.05) is 19.0 Å². The summed E-state index contributed by atoms with van der Waals surface area (Å²) in [7, 11) is 1.51. The number of hydrogen-bond donors (Lipinski definition) is 1. The Morgan fingerprint density at radius 1 is 1.14 bits per heavy atom. The first kappa shape index (κ1) is 20.5. The fraction of sp³-hybridized carbons (Fsp3) is 0.364. The van der Waals surface area contributed by atoms with Gasteiger partial charge in [-0.25, -0.2) is 4.79 Å². The van der Waals surface area contributed by atoms with Gasteiger partial charge < -0.3 is 24.3 Å². The third kappa shape index (κ3) is 4.99. The number of para-hydroxylation sites is 3. The minimum atomic E-state index is -0.993. The van der Waals surface area contributed by atoms with E-state index in [4.69, 9.17) is 18.9 Å². The summed E-state index contributed by atoms with van der Waals surface area (Å²) in [4.78, 5) is 24.5. The van der Waals surface area contributed by atoms with Gasteiger partial charge in [0.15, 0.2) is 24.2 Å². The molecule has 7 nitrogen and oxygen atoms in total. The molecular weight excluding hydrogens is 374 g/mol. The average Bonchev–Trinajstić information content (AvgIpc) is 3.01. The molecule has 7 heteroatoms. The Kier molecular flexibility index (Phi) is 5.96. The van der Waals surface area contributed by atoms with Crippen LogP contribution in [0, 0.1) is 0 Å². The fourth-order valence-electron chi connectivity index (χ4n) is 3.10. The molecule has 1 N–H and O–H groups in total. The SMILES string of the molecule is COc1ccccc1NC(=O)[C@@H](C)OC(=O)COc1cccc2c1OC(C)(C)C2. The van der Waals surface area contributed by atoms with Crippen LogP contribution in [-0.2, 0) is 20.7 Å². The van der Waals surface area contributed by atoms with Crippen LogP contribution >= 0.6 is 0 Å². The molecule has 1 atom stereocenters. The summed E-state index contributed by atoms with van der Waals surface area (Å²) in [5.41, 5.74) is 1.22. The van der Waals surface area contributed by atoms with Crippen molar-refractivity contribution in [2.45, 2.75) is 38.9 Å². The lowest BCUT2D eigenvalue weighted by Crippen LogP contribution is -2.31. The number of ether oxygens (including phenoxy) is 4. The highest BCUT2D eigenvalue weighted by Crippen LogP contribution is 2.41. The number of fused-ring (bicyclic) bond motifs is 1. The number of amides is 1. The van der Waals surface area contributed by atoms with Crippen LogP contribution in [-0.4, -0.2) is 37.3 Å². The van der Waals surface area contributed by atoms with Crippen molar-refractivity contribution in [1.82, 2.24) is 0 Å². The van der Waals surface area contributed by atoms with E-state index in [9.17, 15) is 9.59 Å². The molecule has 0 aromatic heterocycles. The normalized spacial score (nSPS) is 14.9. The van der Waals surface area contributed by atoms with E-state index >= 15 is 0 Å². The lowest BCUT2D eigenvalue weighted by Gasteiger charge is -2.18. The average molecular weight is 399 g/mol. The summed E-state index contributed by atoms with van der Waals surface area (Å²) < 4.78 is 21.9. The number of carbonyl (C=O) groups is 2. The van der Waals surface area contributed by atoms with Gasteiger partial charge in [-0.2, -0.15) is 0 Å². The number of benzene rings is 2. The van der Waals surface area contributed by atoms with Crippen LogP contribution in [0.25, 0.3) is 0 Å². The van der Waals surface area contributed by atoms with Gasteiger partial charge in [-0.3, -0.25) is 4.79 Å². The molecule has 0 bridgehead atoms. The molecule has 2 aromatic rings. The molecule has 1 amide bonds. The molecule has 0 fully saturated rings. The zero-order chi connectivity index (χ0) is 21.0. The van der Waals surface area contributed by atoms with Crippen LogP contribution in [0.5, 0.6) is 17.2 Å². The number of hydrogen-bond acceptors (Lipinski definition) is 6. The molecule has 154 valence electrons. The summed E-state index contributed by atoms with van der Waals surface area (Å²) in [6, 6.07) is 12.6. The van der Waals surface area contributed by atoms with E-state index in [1.807, 2.05) is 26.0 Å². The number of rotatable bonds is 7. The third-order valence-electron chi connectivity index (χ3n) is 4.44. The van der Waals surface area contributed by atoms with Crippen molar-refractivity contribution >= 4 is 17.6 Å². The van der Waals surface area contributed by atoms with Gasteiger partial charge >= 0.3 is 5.97 Å². The van der Waals surface area contributed by atoms with Gasteiger partial charge in [0.25, 0.3) is 5.91 Å². The van der Waals surface area contributed by atoms with Crippen LogP contribution in [0.4, 0.5) is 5.69 Å². The van der Waals surface area contributed by atoms with Crippen LogP contribution in [0.1, 0.15) is 26.3 Å². The summed E-state index contributed by atoms with van der Waals surface area (Å²) in [5.74, 6) is 0.531. The zero-order valence-corrected chi connectivity index (χ0v) is 17.0. The minimum absolute atomic E-state index is 0.312. The molecule has 0 spiro atoms. The molecule has 1 aliphatic rings. The van der Waals surface area contributed by atoms with Crippen molar-refractivity contribution in [3.05, 3.63) is 48.0 Å². The Bertz CT molecular complexity index is 908. The van der Waals surface area contributed by atoms with Crippen molar-refractivity contribution in [2.24, 2.45) is 0 Å². The second-order valence-electron chi connectivity index (χ2n) is 7.39. The van der Waals surface area contributed by atoms with Gasteiger partial charge in [-0.05, 0) is 39.0 Å². The lowest BCUT2D eigenvalue weighted by molar-refractivity contribution is -0.155. The van der Waals surface area contributed by atoms with Crippen molar-refractivity contribution in [3.8, 4) is 17.2 Å². The topological polar surface area (TPSA) is 83.1 Å². The number of anilines is 1. The highest BCUT2D eigenvalue weighted by molar-refractivity contribution is 5.96. The van der Waals surface area contributed by atoms with E-state index in [1.54, 1.807) is 30.3 Å². The zero-order valence-electron chi connectivity index (χ0n) is 17.0. The Morgan fingerprint density at radius 2 is 1.86 bits per heavy atom. The maximum Gasteiger partial charge on any atom is 0.344 e. The Hall–Kier alpha value is -3.22. The van der Waals surface area contributed by atoms with Crippen molar-refractivity contribution in [3.63, 3.8) is 0 Å². The van der Waals surface area contributed by atoms with Gasteiger partial charge in [0.05, 0.1) is 12.8 Å². The number of carbonyl (C=O) groups excluding carboxylic acids is 2. The second-order valence-corrected chi connectivity index (χ2v) is 7.39. The number of methoxy groups -OCH3 is 1. The van der Waals surface area contributed by atoms with Crippen LogP contribution in [0.2, 0.25) is 0 Å². The quantitative estimate of drug-likeness (QED) is 0.719. The van der Waals surface area contributed by atoms with E-state index in [0.29, 0.717) is 22.9 Å². The summed E-state index contributed by atoms with van der Waals surface area (Å²) >= 11 is 0. The Balaban J connectivity index is 1.54. The monoisotopic (exact) mass is 399 g/mol. The largest absolute Gasteiger partial charge is 0.495 e. The summed E-state index contributed by atoms with van der Waals surface area (Å²) in [5, 5.41) is 2.68. The van der Waals surface area contributed by atoms with Crippen molar-refractivity contribution in [1.29, 1.82) is 0 Å². The molecule has 1 aliphatic heterocycles. The standard InChI is InChI=1S/C22H25NO6/c1-14(21(25)23-16-9-5-6-10-17(16)26-4)28-19(24)13-27-18-11-7-8-15-12-22(2,3)29-20(15)18/h5-11,14H,12-13H2,1-4H3,(H,23,25)/t14-/m1/s1. The first-order valence-electron chi connectivity index (χ1n) is 9.36. The van der Waals surface area contributed by atoms with E-state index in [1.165, 1.54) is 14.0 Å². The van der Waals surface area contributed by atoms with Gasteiger partial charge in [0.1, 0.15) is 11.4 Å². The summed E-state index contributed by atoms with van der Waals surface area (Å²) in [6.07, 6.45) is -0.225. The number of esters is 1. The predicted molar refractivity (Wildman–Crippen MR) is 108 cm³/mol. The van der Waals surface area contributed by atoms with Crippen LogP contribution in [0.15, 0.2) is 42.5 Å². The molecular formula is C22H25NO6. The fourth-order valence-corrected chi connectivity index (χ4v) is 3.10. The van der Waals surface area contributed by atoms with E-state index in [-0.39, 0.29) is 12.2 Å². The van der Waals surface area contributed by atoms with Crippen LogP contribution in [0.3, 0.4) is 0 Å². The molecule has 29 heavy (non-hydrogen) atoms. The lowest BCUT2D eigenvalue weighted by atomic mass is 10.0. The molecule has 0 unspecified atom stereocenters. The maximum atomic E-state index is 12.3. The first-order chi connectivity index (χ1) is 13.8. The van der Waals surface area contributed by atoms with Gasteiger partial charge in [-0.1, -0.05) is 24.3 Å².